The van der Waals surface area contributed by atoms with Crippen molar-refractivity contribution in [2.24, 2.45) is 0 Å². The fraction of sp³-hybridized carbons (Fsp3) is 0.200. The molecule has 162 valence electrons. The number of hydroxylamine groups is 2. The molecule has 0 saturated carbocycles. The minimum atomic E-state index is -5.22. The molecule has 8 nitrogen and oxygen atoms in total. The first-order valence-electron chi connectivity index (χ1n) is 8.98. The molecular formula is C20H16F3N3O5. The molecule has 2 aromatic rings. The van der Waals surface area contributed by atoms with Crippen LogP contribution in [0.4, 0.5) is 13.2 Å². The number of rotatable bonds is 5. The first-order valence-corrected chi connectivity index (χ1v) is 8.98. The highest BCUT2D eigenvalue weighted by atomic mass is 19.4. The Kier molecular flexibility index (Phi) is 6.53. The summed E-state index contributed by atoms with van der Waals surface area (Å²) < 4.78 is 42.3. The van der Waals surface area contributed by atoms with Crippen LogP contribution in [0.1, 0.15) is 5.56 Å². The van der Waals surface area contributed by atoms with E-state index >= 15 is 0 Å². The van der Waals surface area contributed by atoms with Crippen LogP contribution in [-0.2, 0) is 19.2 Å². The zero-order chi connectivity index (χ0) is 22.4. The predicted octanol–water partition coefficient (Wildman–Crippen LogP) is 2.58. The quantitative estimate of drug-likeness (QED) is 0.671. The summed E-state index contributed by atoms with van der Waals surface area (Å²) in [6.07, 6.45) is -1.05. The monoisotopic (exact) mass is 435 g/mol. The van der Waals surface area contributed by atoms with E-state index in [0.29, 0.717) is 22.3 Å². The van der Waals surface area contributed by atoms with Gasteiger partial charge in [-0.2, -0.15) is 18.2 Å². The lowest BCUT2D eigenvalue weighted by molar-refractivity contribution is -0.240. The smallest absolute Gasteiger partial charge is 0.439 e. The SMILES string of the molecule is O=C(C=Cc1ccc(Oc2ccccc2)nc1)N1CCN(OC(=O)C(F)(F)F)C(=O)C1. The van der Waals surface area contributed by atoms with Crippen LogP contribution in [0, 0.1) is 0 Å². The number of aromatic nitrogens is 1. The molecule has 1 aromatic carbocycles. The second-order valence-electron chi connectivity index (χ2n) is 6.31. The van der Waals surface area contributed by atoms with Gasteiger partial charge in [-0.05, 0) is 29.8 Å². The molecule has 0 N–H and O–H groups in total. The maximum Gasteiger partial charge on any atom is 0.493 e. The van der Waals surface area contributed by atoms with Crippen LogP contribution in [0.25, 0.3) is 6.08 Å². The van der Waals surface area contributed by atoms with Gasteiger partial charge in [0, 0.05) is 24.9 Å². The van der Waals surface area contributed by atoms with Gasteiger partial charge in [-0.1, -0.05) is 18.2 Å². The van der Waals surface area contributed by atoms with Crippen molar-refractivity contribution in [2.45, 2.75) is 6.18 Å². The van der Waals surface area contributed by atoms with Crippen molar-refractivity contribution in [1.82, 2.24) is 14.9 Å². The zero-order valence-corrected chi connectivity index (χ0v) is 15.9. The molecule has 1 aliphatic rings. The normalized spacial score (nSPS) is 14.6. The molecule has 0 spiro atoms. The fourth-order valence-corrected chi connectivity index (χ4v) is 2.53. The fourth-order valence-electron chi connectivity index (χ4n) is 2.53. The van der Waals surface area contributed by atoms with E-state index in [1.54, 1.807) is 24.3 Å². The van der Waals surface area contributed by atoms with E-state index in [1.165, 1.54) is 18.3 Å². The lowest BCUT2D eigenvalue weighted by Gasteiger charge is -2.32. The average molecular weight is 435 g/mol. The van der Waals surface area contributed by atoms with Gasteiger partial charge in [0.25, 0.3) is 5.91 Å². The van der Waals surface area contributed by atoms with E-state index in [4.69, 9.17) is 4.74 Å². The third-order valence-electron chi connectivity index (χ3n) is 4.06. The van der Waals surface area contributed by atoms with E-state index in [-0.39, 0.29) is 13.1 Å². The second kappa shape index (κ2) is 9.28. The number of alkyl halides is 3. The van der Waals surface area contributed by atoms with Crippen molar-refractivity contribution in [3.8, 4) is 11.6 Å². The van der Waals surface area contributed by atoms with Crippen molar-refractivity contribution < 1.29 is 37.1 Å². The van der Waals surface area contributed by atoms with Crippen LogP contribution in [0.5, 0.6) is 11.6 Å². The number of carbonyl (C=O) groups is 3. The number of halogens is 3. The van der Waals surface area contributed by atoms with Crippen LogP contribution in [0.3, 0.4) is 0 Å². The molecule has 1 aliphatic heterocycles. The van der Waals surface area contributed by atoms with Crippen molar-refractivity contribution in [2.75, 3.05) is 19.6 Å². The maximum absolute atomic E-state index is 12.2. The predicted molar refractivity (Wildman–Crippen MR) is 100 cm³/mol. The number of carbonyl (C=O) groups excluding carboxylic acids is 3. The topological polar surface area (TPSA) is 89.0 Å². The van der Waals surface area contributed by atoms with Gasteiger partial charge >= 0.3 is 12.1 Å². The minimum absolute atomic E-state index is 0.0951. The third-order valence-corrected chi connectivity index (χ3v) is 4.06. The zero-order valence-electron chi connectivity index (χ0n) is 15.9. The number of benzene rings is 1. The molecular weight excluding hydrogens is 419 g/mol. The van der Waals surface area contributed by atoms with Crippen LogP contribution < -0.4 is 4.74 Å². The van der Waals surface area contributed by atoms with E-state index in [2.05, 4.69) is 9.82 Å². The van der Waals surface area contributed by atoms with E-state index in [1.807, 2.05) is 18.2 Å². The number of para-hydroxylation sites is 1. The van der Waals surface area contributed by atoms with E-state index < -0.39 is 30.5 Å². The van der Waals surface area contributed by atoms with Crippen molar-refractivity contribution in [1.29, 1.82) is 0 Å². The summed E-state index contributed by atoms with van der Waals surface area (Å²) in [6.45, 7) is -0.980. The van der Waals surface area contributed by atoms with Crippen molar-refractivity contribution in [3.05, 3.63) is 60.3 Å². The summed E-state index contributed by atoms with van der Waals surface area (Å²) in [7, 11) is 0. The summed E-state index contributed by atoms with van der Waals surface area (Å²) in [4.78, 5) is 44.2. The number of amides is 2. The van der Waals surface area contributed by atoms with Crippen LogP contribution in [-0.4, -0.2) is 58.5 Å². The number of piperazine rings is 1. The minimum Gasteiger partial charge on any atom is -0.439 e. The Hall–Kier alpha value is -3.89. The Labute approximate surface area is 174 Å². The first-order chi connectivity index (χ1) is 14.7. The summed E-state index contributed by atoms with van der Waals surface area (Å²) in [6, 6.07) is 12.3. The molecule has 11 heteroatoms. The van der Waals surface area contributed by atoms with Gasteiger partial charge in [0.15, 0.2) is 0 Å². The number of nitrogens with zero attached hydrogens (tertiary/aromatic N) is 3. The molecule has 0 atom stereocenters. The highest BCUT2D eigenvalue weighted by Crippen LogP contribution is 2.20. The van der Waals surface area contributed by atoms with Crippen LogP contribution in [0.15, 0.2) is 54.7 Å². The molecule has 0 radical (unpaired) electrons. The summed E-state index contributed by atoms with van der Waals surface area (Å²) in [5, 5.41) is 0.304. The van der Waals surface area contributed by atoms with Crippen LogP contribution in [0.2, 0.25) is 0 Å². The summed E-state index contributed by atoms with van der Waals surface area (Å²) in [5.74, 6) is -2.97. The molecule has 2 heterocycles. The van der Waals surface area contributed by atoms with Gasteiger partial charge in [-0.15, -0.1) is 0 Å². The molecule has 31 heavy (non-hydrogen) atoms. The molecule has 1 fully saturated rings. The summed E-state index contributed by atoms with van der Waals surface area (Å²) in [5.41, 5.74) is 0.595. The van der Waals surface area contributed by atoms with Gasteiger partial charge in [0.05, 0.1) is 6.54 Å². The first kappa shape index (κ1) is 21.8. The Morgan fingerprint density at radius 1 is 1.06 bits per heavy atom. The van der Waals surface area contributed by atoms with Crippen molar-refractivity contribution >= 4 is 23.9 Å². The van der Waals surface area contributed by atoms with Gasteiger partial charge in [-0.25, -0.2) is 9.78 Å². The standard InChI is InChI=1S/C20H16F3N3O5/c21-20(22,23)19(29)31-26-11-10-25(13-18(26)28)17(27)9-7-14-6-8-16(24-12-14)30-15-4-2-1-3-5-15/h1-9,12H,10-11,13H2. The third kappa shape index (κ3) is 6.04. The molecule has 0 bridgehead atoms. The Balaban J connectivity index is 1.52. The van der Waals surface area contributed by atoms with Gasteiger partial charge < -0.3 is 14.5 Å². The van der Waals surface area contributed by atoms with Crippen LogP contribution >= 0.6 is 0 Å². The lowest BCUT2D eigenvalue weighted by atomic mass is 10.2. The van der Waals surface area contributed by atoms with Gasteiger partial charge in [0.1, 0.15) is 12.3 Å². The molecule has 0 unspecified atom stereocenters. The Morgan fingerprint density at radius 3 is 2.42 bits per heavy atom. The van der Waals surface area contributed by atoms with E-state index in [0.717, 1.165) is 4.90 Å². The Morgan fingerprint density at radius 2 is 1.81 bits per heavy atom. The molecule has 1 saturated heterocycles. The van der Waals surface area contributed by atoms with E-state index in [9.17, 15) is 27.6 Å². The highest BCUT2D eigenvalue weighted by Gasteiger charge is 2.44. The lowest BCUT2D eigenvalue weighted by Crippen LogP contribution is -2.53. The highest BCUT2D eigenvalue weighted by molar-refractivity contribution is 5.95. The van der Waals surface area contributed by atoms with Crippen molar-refractivity contribution in [3.63, 3.8) is 0 Å². The van der Waals surface area contributed by atoms with Gasteiger partial charge in [-0.3, -0.25) is 9.59 Å². The molecule has 0 aliphatic carbocycles. The number of hydrogen-bond donors (Lipinski definition) is 0. The number of hydrogen-bond acceptors (Lipinski definition) is 6. The average Bonchev–Trinajstić information content (AvgIpc) is 2.74. The molecule has 2 amide bonds. The largest absolute Gasteiger partial charge is 0.493 e. The van der Waals surface area contributed by atoms with Gasteiger partial charge in [0.2, 0.25) is 11.8 Å². The second-order valence-corrected chi connectivity index (χ2v) is 6.31. The number of pyridine rings is 1. The molecule has 1 aromatic heterocycles. The molecule has 3 rings (SSSR count). The maximum atomic E-state index is 12.2. The Bertz CT molecular complexity index is 978. The number of ether oxygens (including phenoxy) is 1. The summed E-state index contributed by atoms with van der Waals surface area (Å²) >= 11 is 0.